The molecule has 5 nitrogen and oxygen atoms in total. The van der Waals surface area contributed by atoms with Gasteiger partial charge in [-0.1, -0.05) is 13.8 Å². The summed E-state index contributed by atoms with van der Waals surface area (Å²) in [6, 6.07) is 5.34. The van der Waals surface area contributed by atoms with Gasteiger partial charge in [0.05, 0.1) is 6.61 Å². The Hall–Kier alpha value is -1.75. The average molecular weight is 294 g/mol. The molecule has 0 fully saturated rings. The minimum Gasteiger partial charge on any atom is -0.494 e. The van der Waals surface area contributed by atoms with Gasteiger partial charge in [-0.05, 0) is 49.9 Å². The van der Waals surface area contributed by atoms with Crippen LogP contribution < -0.4 is 15.4 Å². The van der Waals surface area contributed by atoms with Crippen molar-refractivity contribution in [2.75, 3.05) is 18.5 Å². The van der Waals surface area contributed by atoms with Gasteiger partial charge in [0, 0.05) is 18.3 Å². The SMILES string of the molecule is CCCOc1ccc(NC(=O)NC(CC)CCO)c(C)c1. The minimum absolute atomic E-state index is 0.0116. The van der Waals surface area contributed by atoms with Crippen molar-refractivity contribution >= 4 is 11.7 Å². The first kappa shape index (κ1) is 17.3. The van der Waals surface area contributed by atoms with E-state index in [1.54, 1.807) is 0 Å². The van der Waals surface area contributed by atoms with E-state index in [1.807, 2.05) is 32.0 Å². The Morgan fingerprint density at radius 3 is 2.71 bits per heavy atom. The van der Waals surface area contributed by atoms with Crippen LogP contribution in [0, 0.1) is 6.92 Å². The van der Waals surface area contributed by atoms with Crippen molar-refractivity contribution in [2.24, 2.45) is 0 Å². The summed E-state index contributed by atoms with van der Waals surface area (Å²) in [5.74, 6) is 0.812. The molecule has 0 saturated heterocycles. The zero-order valence-electron chi connectivity index (χ0n) is 13.1. The molecule has 21 heavy (non-hydrogen) atoms. The van der Waals surface area contributed by atoms with Crippen LogP contribution >= 0.6 is 0 Å². The lowest BCUT2D eigenvalue weighted by molar-refractivity contribution is 0.237. The second kappa shape index (κ2) is 9.23. The predicted molar refractivity (Wildman–Crippen MR) is 84.9 cm³/mol. The smallest absolute Gasteiger partial charge is 0.319 e. The largest absolute Gasteiger partial charge is 0.494 e. The zero-order chi connectivity index (χ0) is 15.7. The summed E-state index contributed by atoms with van der Waals surface area (Å²) in [4.78, 5) is 11.9. The molecule has 0 bridgehead atoms. The summed E-state index contributed by atoms with van der Waals surface area (Å²) in [7, 11) is 0. The van der Waals surface area contributed by atoms with Gasteiger partial charge in [0.2, 0.25) is 0 Å². The number of aryl methyl sites for hydroxylation is 1. The molecule has 0 aromatic heterocycles. The number of rotatable bonds is 8. The molecular formula is C16H26N2O3. The molecule has 0 spiro atoms. The van der Waals surface area contributed by atoms with E-state index in [-0.39, 0.29) is 18.7 Å². The number of urea groups is 1. The second-order valence-corrected chi connectivity index (χ2v) is 5.04. The fourth-order valence-corrected chi connectivity index (χ4v) is 1.96. The lowest BCUT2D eigenvalue weighted by Crippen LogP contribution is -2.38. The van der Waals surface area contributed by atoms with Crippen LogP contribution in [0.4, 0.5) is 10.5 Å². The van der Waals surface area contributed by atoms with Gasteiger partial charge in [-0.15, -0.1) is 0 Å². The third-order valence-electron chi connectivity index (χ3n) is 3.22. The summed E-state index contributed by atoms with van der Waals surface area (Å²) in [6.45, 7) is 6.72. The fourth-order valence-electron chi connectivity index (χ4n) is 1.96. The summed E-state index contributed by atoms with van der Waals surface area (Å²) in [6.07, 6.45) is 2.31. The average Bonchev–Trinajstić information content (AvgIpc) is 2.47. The monoisotopic (exact) mass is 294 g/mol. The maximum Gasteiger partial charge on any atom is 0.319 e. The Morgan fingerprint density at radius 1 is 1.38 bits per heavy atom. The molecule has 0 heterocycles. The minimum atomic E-state index is -0.249. The number of hydrogen-bond acceptors (Lipinski definition) is 3. The maximum absolute atomic E-state index is 11.9. The highest BCUT2D eigenvalue weighted by atomic mass is 16.5. The van der Waals surface area contributed by atoms with E-state index in [1.165, 1.54) is 0 Å². The normalized spacial score (nSPS) is 11.8. The lowest BCUT2D eigenvalue weighted by Gasteiger charge is -2.17. The molecule has 118 valence electrons. The van der Waals surface area contributed by atoms with Crippen LogP contribution in [0.15, 0.2) is 18.2 Å². The molecule has 0 aliphatic heterocycles. The van der Waals surface area contributed by atoms with Gasteiger partial charge in [0.25, 0.3) is 0 Å². The number of aliphatic hydroxyl groups excluding tert-OH is 1. The van der Waals surface area contributed by atoms with Crippen LogP contribution in [0.3, 0.4) is 0 Å². The summed E-state index contributed by atoms with van der Waals surface area (Å²) < 4.78 is 5.55. The fraction of sp³-hybridized carbons (Fsp3) is 0.562. The maximum atomic E-state index is 11.9. The van der Waals surface area contributed by atoms with E-state index in [0.717, 1.165) is 29.8 Å². The third kappa shape index (κ3) is 6.04. The van der Waals surface area contributed by atoms with Gasteiger partial charge in [-0.3, -0.25) is 0 Å². The van der Waals surface area contributed by atoms with Crippen LogP contribution in [0.5, 0.6) is 5.75 Å². The first-order valence-corrected chi connectivity index (χ1v) is 7.52. The number of nitrogens with one attached hydrogen (secondary N) is 2. The lowest BCUT2D eigenvalue weighted by atomic mass is 10.1. The molecule has 2 amide bonds. The van der Waals surface area contributed by atoms with Gasteiger partial charge in [-0.25, -0.2) is 4.79 Å². The summed E-state index contributed by atoms with van der Waals surface area (Å²) in [5, 5.41) is 14.6. The van der Waals surface area contributed by atoms with E-state index >= 15 is 0 Å². The number of benzene rings is 1. The van der Waals surface area contributed by atoms with E-state index in [4.69, 9.17) is 9.84 Å². The molecule has 1 atom stereocenters. The Bertz CT molecular complexity index is 449. The van der Waals surface area contributed by atoms with Gasteiger partial charge < -0.3 is 20.5 Å². The second-order valence-electron chi connectivity index (χ2n) is 5.04. The van der Waals surface area contributed by atoms with Crippen molar-refractivity contribution in [2.45, 2.75) is 46.1 Å². The molecule has 1 unspecified atom stereocenters. The first-order valence-electron chi connectivity index (χ1n) is 7.52. The topological polar surface area (TPSA) is 70.6 Å². The zero-order valence-corrected chi connectivity index (χ0v) is 13.1. The van der Waals surface area contributed by atoms with Crippen molar-refractivity contribution < 1.29 is 14.6 Å². The van der Waals surface area contributed by atoms with Crippen molar-refractivity contribution in [1.29, 1.82) is 0 Å². The molecule has 5 heteroatoms. The van der Waals surface area contributed by atoms with Crippen LogP contribution in [0.25, 0.3) is 0 Å². The van der Waals surface area contributed by atoms with Crippen LogP contribution in [-0.4, -0.2) is 30.4 Å². The Kier molecular flexibility index (Phi) is 7.61. The van der Waals surface area contributed by atoms with Crippen molar-refractivity contribution in [3.63, 3.8) is 0 Å². The Morgan fingerprint density at radius 2 is 2.14 bits per heavy atom. The highest BCUT2D eigenvalue weighted by molar-refractivity contribution is 5.90. The number of amides is 2. The van der Waals surface area contributed by atoms with Crippen molar-refractivity contribution in [3.8, 4) is 5.75 Å². The molecule has 0 saturated carbocycles. The number of anilines is 1. The molecule has 3 N–H and O–H groups in total. The van der Waals surface area contributed by atoms with Crippen LogP contribution in [0.1, 0.15) is 38.7 Å². The first-order chi connectivity index (χ1) is 10.1. The molecule has 1 aromatic rings. The van der Waals surface area contributed by atoms with Gasteiger partial charge >= 0.3 is 6.03 Å². The summed E-state index contributed by atoms with van der Waals surface area (Å²) in [5.41, 5.74) is 1.71. The van der Waals surface area contributed by atoms with Crippen molar-refractivity contribution in [3.05, 3.63) is 23.8 Å². The third-order valence-corrected chi connectivity index (χ3v) is 3.22. The van der Waals surface area contributed by atoms with E-state index in [9.17, 15) is 4.79 Å². The number of hydrogen-bond donors (Lipinski definition) is 3. The predicted octanol–water partition coefficient (Wildman–Crippen LogP) is 3.07. The Balaban J connectivity index is 2.59. The molecule has 1 rings (SSSR count). The number of carbonyl (C=O) groups is 1. The van der Waals surface area contributed by atoms with E-state index in [0.29, 0.717) is 13.0 Å². The molecule has 0 radical (unpaired) electrons. The highest BCUT2D eigenvalue weighted by Gasteiger charge is 2.11. The molecule has 0 aliphatic carbocycles. The Labute approximate surface area is 126 Å². The number of carbonyl (C=O) groups excluding carboxylic acids is 1. The molecule has 0 aliphatic rings. The molecule has 1 aromatic carbocycles. The molecular weight excluding hydrogens is 268 g/mol. The van der Waals surface area contributed by atoms with Gasteiger partial charge in [-0.2, -0.15) is 0 Å². The van der Waals surface area contributed by atoms with Gasteiger partial charge in [0.1, 0.15) is 5.75 Å². The number of ether oxygens (including phenoxy) is 1. The van der Waals surface area contributed by atoms with E-state index in [2.05, 4.69) is 17.6 Å². The highest BCUT2D eigenvalue weighted by Crippen LogP contribution is 2.21. The summed E-state index contributed by atoms with van der Waals surface area (Å²) >= 11 is 0. The van der Waals surface area contributed by atoms with Crippen LogP contribution in [0.2, 0.25) is 0 Å². The number of aliphatic hydroxyl groups is 1. The van der Waals surface area contributed by atoms with Gasteiger partial charge in [0.15, 0.2) is 0 Å². The standard InChI is InChI=1S/C16H26N2O3/c1-4-10-21-14-6-7-15(12(3)11-14)18-16(20)17-13(5-2)8-9-19/h6-7,11,13,19H,4-5,8-10H2,1-3H3,(H2,17,18,20). The van der Waals surface area contributed by atoms with E-state index < -0.39 is 0 Å². The van der Waals surface area contributed by atoms with Crippen molar-refractivity contribution in [1.82, 2.24) is 5.32 Å². The quantitative estimate of drug-likeness (QED) is 0.690. The van der Waals surface area contributed by atoms with Crippen LogP contribution in [-0.2, 0) is 0 Å².